The molecule has 5 atom stereocenters. The van der Waals surface area contributed by atoms with Crippen molar-refractivity contribution in [3.63, 3.8) is 0 Å². The number of methoxy groups -OCH3 is 2. The van der Waals surface area contributed by atoms with Gasteiger partial charge in [0.1, 0.15) is 5.76 Å². The van der Waals surface area contributed by atoms with E-state index in [1.165, 1.54) is 11.1 Å². The van der Waals surface area contributed by atoms with Gasteiger partial charge >= 0.3 is 0 Å². The first-order valence-electron chi connectivity index (χ1n) is 11.9. The van der Waals surface area contributed by atoms with Gasteiger partial charge in [0, 0.05) is 12.3 Å². The van der Waals surface area contributed by atoms with Gasteiger partial charge in [-0.2, -0.15) is 0 Å². The smallest absolute Gasteiger partial charge is 0.168 e. The van der Waals surface area contributed by atoms with E-state index in [2.05, 4.69) is 73.3 Å². The maximum absolute atomic E-state index is 14.5. The van der Waals surface area contributed by atoms with Crippen LogP contribution in [0.2, 0.25) is 19.6 Å². The van der Waals surface area contributed by atoms with Crippen molar-refractivity contribution in [1.82, 2.24) is 0 Å². The molecule has 2 saturated carbocycles. The molecule has 0 heterocycles. The molecule has 0 saturated heterocycles. The van der Waals surface area contributed by atoms with Gasteiger partial charge in [-0.1, -0.05) is 49.9 Å². The van der Waals surface area contributed by atoms with Crippen LogP contribution in [0.25, 0.3) is 0 Å². The summed E-state index contributed by atoms with van der Waals surface area (Å²) in [5, 5.41) is 1.03. The molecule has 3 aliphatic rings. The number of rotatable bonds is 8. The highest BCUT2D eigenvalue weighted by Gasteiger charge is 2.93. The fourth-order valence-electron chi connectivity index (χ4n) is 7.55. The normalized spacial score (nSPS) is 38.7. The Hall–Kier alpha value is -1.13. The largest absolute Gasteiger partial charge is 0.500 e. The molecule has 0 amide bonds. The van der Waals surface area contributed by atoms with Gasteiger partial charge in [-0.05, 0) is 71.6 Å². The lowest BCUT2D eigenvalue weighted by atomic mass is 9.56. The molecule has 0 radical (unpaired) electrons. The molecule has 0 aromatic rings. The fraction of sp³-hybridized carbons (Fsp3) is 0.741. The summed E-state index contributed by atoms with van der Waals surface area (Å²) in [4.78, 5) is 14.5. The van der Waals surface area contributed by atoms with Crippen LogP contribution in [0.3, 0.4) is 0 Å². The maximum atomic E-state index is 14.5. The molecular formula is C27H44O3Si. The Morgan fingerprint density at radius 2 is 1.65 bits per heavy atom. The molecule has 174 valence electrons. The second kappa shape index (κ2) is 7.45. The molecular weight excluding hydrogens is 400 g/mol. The van der Waals surface area contributed by atoms with Gasteiger partial charge in [0.05, 0.1) is 31.6 Å². The molecule has 0 N–H and O–H groups in total. The van der Waals surface area contributed by atoms with Crippen LogP contribution in [0.1, 0.15) is 67.2 Å². The highest BCUT2D eigenvalue weighted by atomic mass is 28.3. The van der Waals surface area contributed by atoms with Crippen molar-refractivity contribution in [2.75, 3.05) is 14.2 Å². The molecule has 3 aliphatic carbocycles. The molecule has 0 aliphatic heterocycles. The number of ether oxygens (including phenoxy) is 2. The Balaban J connectivity index is 2.27. The fourth-order valence-corrected chi connectivity index (χ4v) is 9.45. The van der Waals surface area contributed by atoms with Crippen molar-refractivity contribution in [2.45, 2.75) is 92.5 Å². The van der Waals surface area contributed by atoms with E-state index < -0.39 is 19.1 Å². The highest BCUT2D eigenvalue weighted by molar-refractivity contribution is 6.87. The van der Waals surface area contributed by atoms with Crippen LogP contribution in [0.5, 0.6) is 0 Å². The summed E-state index contributed by atoms with van der Waals surface area (Å²) in [7, 11) is 1.64. The molecule has 4 unspecified atom stereocenters. The van der Waals surface area contributed by atoms with Gasteiger partial charge in [-0.3, -0.25) is 4.79 Å². The first-order valence-corrected chi connectivity index (χ1v) is 15.4. The number of ketones is 1. The Labute approximate surface area is 191 Å². The van der Waals surface area contributed by atoms with Crippen LogP contribution >= 0.6 is 0 Å². The zero-order chi connectivity index (χ0) is 23.6. The van der Waals surface area contributed by atoms with Crippen molar-refractivity contribution in [2.24, 2.45) is 22.2 Å². The molecule has 2 bridgehead atoms. The van der Waals surface area contributed by atoms with Gasteiger partial charge in [0.25, 0.3) is 0 Å². The lowest BCUT2D eigenvalue weighted by Gasteiger charge is -2.55. The number of allylic oxidation sites excluding steroid dienone is 5. The van der Waals surface area contributed by atoms with Crippen LogP contribution in [-0.4, -0.2) is 33.7 Å². The number of carbonyl (C=O) groups excluding carboxylic acids is 1. The van der Waals surface area contributed by atoms with E-state index in [9.17, 15) is 4.79 Å². The quantitative estimate of drug-likeness (QED) is 0.303. The Bertz CT molecular complexity index is 867. The second-order valence-corrected chi connectivity index (χ2v) is 17.1. The number of hydrogen-bond acceptors (Lipinski definition) is 3. The molecule has 3 nitrogen and oxygen atoms in total. The minimum atomic E-state index is -1.94. The molecule has 0 aromatic carbocycles. The van der Waals surface area contributed by atoms with E-state index in [1.807, 2.05) is 7.11 Å². The van der Waals surface area contributed by atoms with Crippen molar-refractivity contribution < 1.29 is 14.3 Å². The van der Waals surface area contributed by atoms with Gasteiger partial charge in [-0.25, -0.2) is 0 Å². The summed E-state index contributed by atoms with van der Waals surface area (Å²) in [5.74, 6) is 1.61. The monoisotopic (exact) mass is 444 g/mol. The van der Waals surface area contributed by atoms with Gasteiger partial charge < -0.3 is 9.47 Å². The third kappa shape index (κ3) is 2.89. The van der Waals surface area contributed by atoms with E-state index in [1.54, 1.807) is 7.11 Å². The maximum Gasteiger partial charge on any atom is 0.168 e. The van der Waals surface area contributed by atoms with Crippen LogP contribution in [0, 0.1) is 22.2 Å². The summed E-state index contributed by atoms with van der Waals surface area (Å²) in [5.41, 5.74) is 1.32. The van der Waals surface area contributed by atoms with Crippen molar-refractivity contribution >= 4 is 13.9 Å². The lowest BCUT2D eigenvalue weighted by molar-refractivity contribution is -0.166. The van der Waals surface area contributed by atoms with Crippen molar-refractivity contribution in [1.29, 1.82) is 0 Å². The minimum absolute atomic E-state index is 0.0283. The van der Waals surface area contributed by atoms with E-state index in [-0.39, 0.29) is 10.8 Å². The summed E-state index contributed by atoms with van der Waals surface area (Å²) in [6, 6.07) is 0. The topological polar surface area (TPSA) is 35.5 Å². The van der Waals surface area contributed by atoms with Gasteiger partial charge in [-0.15, -0.1) is 0 Å². The van der Waals surface area contributed by atoms with E-state index >= 15 is 0 Å². The third-order valence-corrected chi connectivity index (χ3v) is 11.0. The minimum Gasteiger partial charge on any atom is -0.500 e. The second-order valence-electron chi connectivity index (χ2n) is 12.1. The first kappa shape index (κ1) is 24.5. The van der Waals surface area contributed by atoms with Gasteiger partial charge in [0.15, 0.2) is 5.78 Å². The summed E-state index contributed by atoms with van der Waals surface area (Å²) < 4.78 is 12.7. The Kier molecular flexibility index (Phi) is 5.89. The average molecular weight is 445 g/mol. The molecule has 4 heteroatoms. The highest BCUT2D eigenvalue weighted by Crippen LogP contribution is 2.89. The molecule has 1 spiro atoms. The zero-order valence-electron chi connectivity index (χ0n) is 21.8. The van der Waals surface area contributed by atoms with Crippen LogP contribution in [-0.2, 0) is 14.3 Å². The zero-order valence-corrected chi connectivity index (χ0v) is 22.8. The summed E-state index contributed by atoms with van der Waals surface area (Å²) in [6.07, 6.45) is 8.54. The molecule has 0 aromatic heterocycles. The summed E-state index contributed by atoms with van der Waals surface area (Å²) >= 11 is 0. The lowest BCUT2D eigenvalue weighted by Crippen LogP contribution is -2.62. The summed E-state index contributed by atoms with van der Waals surface area (Å²) in [6.45, 7) is 20.1. The number of fused-ring (bicyclic) bond motifs is 1. The van der Waals surface area contributed by atoms with E-state index in [4.69, 9.17) is 9.47 Å². The van der Waals surface area contributed by atoms with Crippen LogP contribution in [0.15, 0.2) is 34.3 Å². The van der Waals surface area contributed by atoms with Crippen LogP contribution < -0.4 is 0 Å². The predicted octanol–water partition coefficient (Wildman–Crippen LogP) is 6.87. The predicted molar refractivity (Wildman–Crippen MR) is 132 cm³/mol. The van der Waals surface area contributed by atoms with Crippen molar-refractivity contribution in [3.8, 4) is 0 Å². The average Bonchev–Trinajstić information content (AvgIpc) is 3.10. The number of Topliss-reactive ketones (excluding diaryl/α,β-unsaturated/α-hetero) is 1. The number of hydrogen-bond donors (Lipinski definition) is 0. The standard InChI is InChI=1S/C27H44O3Si/c1-18(2)13-12-15-24(5)20-17-26(16-14-19(3)4)23(29-7)21(31(9,10)11)22(28)27(20,24)25(26,6)30-8/h13-14,20H,12,15-17H2,1-11H3/t20?,24?,25-,26?,27?/m1/s1. The SMILES string of the molecule is COC1=C([Si](C)(C)C)C(=O)C23C(CC1(CC=C(C)C)[C@@]2(C)OC)C3(C)CCC=C(C)C. The van der Waals surface area contributed by atoms with Crippen molar-refractivity contribution in [3.05, 3.63) is 34.3 Å². The van der Waals surface area contributed by atoms with E-state index in [0.29, 0.717) is 11.7 Å². The molecule has 3 rings (SSSR count). The third-order valence-electron chi connectivity index (χ3n) is 9.01. The van der Waals surface area contributed by atoms with Crippen LogP contribution in [0.4, 0.5) is 0 Å². The number of carbonyl (C=O) groups is 1. The molecule has 2 fully saturated rings. The van der Waals surface area contributed by atoms with Gasteiger partial charge in [0.2, 0.25) is 0 Å². The first-order chi connectivity index (χ1) is 14.2. The Morgan fingerprint density at radius 3 is 2.10 bits per heavy atom. The Morgan fingerprint density at radius 1 is 1.06 bits per heavy atom. The molecule has 31 heavy (non-hydrogen) atoms. The van der Waals surface area contributed by atoms with E-state index in [0.717, 1.165) is 36.6 Å².